The predicted octanol–water partition coefficient (Wildman–Crippen LogP) is 4.33. The molecule has 160 valence electrons. The number of nitrogens with zero attached hydrogens (tertiary/aromatic N) is 2. The van der Waals surface area contributed by atoms with E-state index in [2.05, 4.69) is 27.4 Å². The van der Waals surface area contributed by atoms with Crippen LogP contribution in [-0.4, -0.2) is 49.4 Å². The quantitative estimate of drug-likeness (QED) is 0.718. The molecule has 1 aliphatic rings. The summed E-state index contributed by atoms with van der Waals surface area (Å²) in [5.74, 6) is -0.375. The van der Waals surface area contributed by atoms with E-state index in [9.17, 15) is 9.59 Å². The van der Waals surface area contributed by atoms with E-state index in [-0.39, 0.29) is 17.7 Å². The van der Waals surface area contributed by atoms with Gasteiger partial charge in [-0.25, -0.2) is 0 Å². The molecule has 1 heterocycles. The summed E-state index contributed by atoms with van der Waals surface area (Å²) in [5, 5.41) is 6.41. The molecule has 6 nitrogen and oxygen atoms in total. The van der Waals surface area contributed by atoms with E-state index in [0.29, 0.717) is 22.0 Å². The zero-order valence-electron chi connectivity index (χ0n) is 17.7. The highest BCUT2D eigenvalue weighted by molar-refractivity contribution is 6.31. The van der Waals surface area contributed by atoms with Crippen molar-refractivity contribution in [2.24, 2.45) is 5.92 Å². The lowest BCUT2D eigenvalue weighted by Gasteiger charge is -2.36. The number of likely N-dealkylation sites (N-methyl/N-ethyl adjacent to an activating group) is 1. The first-order valence-electron chi connectivity index (χ1n) is 10.4. The number of benzene rings is 2. The maximum atomic E-state index is 12.8. The molecular weight excluding hydrogens is 400 g/mol. The minimum absolute atomic E-state index is 0.0565. The van der Waals surface area contributed by atoms with Gasteiger partial charge in [0, 0.05) is 48.4 Å². The zero-order valence-corrected chi connectivity index (χ0v) is 18.5. The van der Waals surface area contributed by atoms with Crippen LogP contribution in [0.5, 0.6) is 0 Å². The van der Waals surface area contributed by atoms with Gasteiger partial charge >= 0.3 is 0 Å². The predicted molar refractivity (Wildman–Crippen MR) is 124 cm³/mol. The molecule has 0 unspecified atom stereocenters. The Morgan fingerprint density at radius 1 is 1.00 bits per heavy atom. The van der Waals surface area contributed by atoms with Crippen molar-refractivity contribution >= 4 is 40.5 Å². The summed E-state index contributed by atoms with van der Waals surface area (Å²) < 4.78 is 0. The summed E-state index contributed by atoms with van der Waals surface area (Å²) in [5.41, 5.74) is 2.86. The Morgan fingerprint density at radius 3 is 2.27 bits per heavy atom. The van der Waals surface area contributed by atoms with Crippen molar-refractivity contribution in [3.63, 3.8) is 0 Å². The van der Waals surface area contributed by atoms with Crippen LogP contribution < -0.4 is 15.5 Å². The van der Waals surface area contributed by atoms with Gasteiger partial charge in [0.2, 0.25) is 5.91 Å². The van der Waals surface area contributed by atoms with Crippen LogP contribution in [0.1, 0.15) is 31.1 Å². The highest BCUT2D eigenvalue weighted by Gasteiger charge is 2.20. The summed E-state index contributed by atoms with van der Waals surface area (Å²) in [4.78, 5) is 29.3. The van der Waals surface area contributed by atoms with Crippen molar-refractivity contribution in [2.45, 2.75) is 20.8 Å². The lowest BCUT2D eigenvalue weighted by molar-refractivity contribution is -0.118. The van der Waals surface area contributed by atoms with E-state index in [1.165, 1.54) is 0 Å². The summed E-state index contributed by atoms with van der Waals surface area (Å²) in [7, 11) is 0. The number of rotatable bonds is 6. The number of nitrogens with one attached hydrogen (secondary N) is 2. The van der Waals surface area contributed by atoms with Crippen LogP contribution in [0.4, 0.5) is 17.1 Å². The molecule has 2 amide bonds. The van der Waals surface area contributed by atoms with Gasteiger partial charge in [0.25, 0.3) is 5.91 Å². The molecule has 1 fully saturated rings. The maximum absolute atomic E-state index is 12.8. The van der Waals surface area contributed by atoms with E-state index in [0.717, 1.165) is 38.4 Å². The standard InChI is InChI=1S/C23H29ClN4O2/c1-4-27-11-13-28(14-12-27)21-10-7-18(24)15-20(21)26-23(30)17-5-8-19(9-6-17)25-22(29)16(2)3/h5-10,15-16H,4,11-14H2,1-3H3,(H,25,29)(H,26,30). The minimum Gasteiger partial charge on any atom is -0.367 e. The normalized spacial score (nSPS) is 14.6. The van der Waals surface area contributed by atoms with Gasteiger partial charge in [0.1, 0.15) is 0 Å². The molecular formula is C23H29ClN4O2. The third-order valence-electron chi connectivity index (χ3n) is 5.31. The van der Waals surface area contributed by atoms with Crippen molar-refractivity contribution in [2.75, 3.05) is 48.3 Å². The van der Waals surface area contributed by atoms with Gasteiger partial charge in [-0.05, 0) is 49.0 Å². The molecule has 0 spiro atoms. The second-order valence-corrected chi connectivity index (χ2v) is 8.19. The second-order valence-electron chi connectivity index (χ2n) is 7.76. The van der Waals surface area contributed by atoms with Crippen LogP contribution in [0.2, 0.25) is 5.02 Å². The molecule has 0 radical (unpaired) electrons. The Morgan fingerprint density at radius 2 is 1.67 bits per heavy atom. The molecule has 3 rings (SSSR count). The van der Waals surface area contributed by atoms with Crippen molar-refractivity contribution in [1.82, 2.24) is 4.90 Å². The van der Waals surface area contributed by atoms with Crippen molar-refractivity contribution in [3.05, 3.63) is 53.1 Å². The largest absolute Gasteiger partial charge is 0.367 e. The summed E-state index contributed by atoms with van der Waals surface area (Å²) >= 11 is 6.21. The highest BCUT2D eigenvalue weighted by atomic mass is 35.5. The molecule has 30 heavy (non-hydrogen) atoms. The average molecular weight is 429 g/mol. The number of halogens is 1. The summed E-state index contributed by atoms with van der Waals surface area (Å²) in [6.07, 6.45) is 0. The number of piperazine rings is 1. The van der Waals surface area contributed by atoms with Gasteiger partial charge < -0.3 is 20.4 Å². The van der Waals surface area contributed by atoms with Gasteiger partial charge in [-0.3, -0.25) is 9.59 Å². The number of anilines is 3. The molecule has 1 saturated heterocycles. The number of carbonyl (C=O) groups excluding carboxylic acids is 2. The van der Waals surface area contributed by atoms with E-state index >= 15 is 0 Å². The smallest absolute Gasteiger partial charge is 0.255 e. The molecule has 0 bridgehead atoms. The number of carbonyl (C=O) groups is 2. The fourth-order valence-electron chi connectivity index (χ4n) is 3.38. The van der Waals surface area contributed by atoms with Crippen LogP contribution in [0, 0.1) is 5.92 Å². The van der Waals surface area contributed by atoms with Crippen LogP contribution in [0.15, 0.2) is 42.5 Å². The first-order chi connectivity index (χ1) is 14.4. The second kappa shape index (κ2) is 9.96. The average Bonchev–Trinajstić information content (AvgIpc) is 2.74. The Balaban J connectivity index is 1.72. The van der Waals surface area contributed by atoms with Gasteiger partial charge in [0.05, 0.1) is 11.4 Å². The minimum atomic E-state index is -0.215. The molecule has 1 aliphatic heterocycles. The molecule has 2 aromatic rings. The fraction of sp³-hybridized carbons (Fsp3) is 0.391. The third-order valence-corrected chi connectivity index (χ3v) is 5.54. The van der Waals surface area contributed by atoms with Crippen molar-refractivity contribution < 1.29 is 9.59 Å². The summed E-state index contributed by atoms with van der Waals surface area (Å²) in [6.45, 7) is 10.7. The fourth-order valence-corrected chi connectivity index (χ4v) is 3.55. The number of hydrogen-bond donors (Lipinski definition) is 2. The monoisotopic (exact) mass is 428 g/mol. The van der Waals surface area contributed by atoms with Crippen LogP contribution >= 0.6 is 11.6 Å². The maximum Gasteiger partial charge on any atom is 0.255 e. The topological polar surface area (TPSA) is 64.7 Å². The zero-order chi connectivity index (χ0) is 21.7. The Labute approximate surface area is 183 Å². The molecule has 0 aromatic heterocycles. The first kappa shape index (κ1) is 22.1. The van der Waals surface area contributed by atoms with E-state index in [1.807, 2.05) is 26.0 Å². The molecule has 0 saturated carbocycles. The Kier molecular flexibility index (Phi) is 7.34. The van der Waals surface area contributed by atoms with Gasteiger partial charge in [-0.1, -0.05) is 32.4 Å². The Hall–Kier alpha value is -2.57. The third kappa shape index (κ3) is 5.52. The van der Waals surface area contributed by atoms with Crippen LogP contribution in [0.25, 0.3) is 0 Å². The van der Waals surface area contributed by atoms with Crippen molar-refractivity contribution in [1.29, 1.82) is 0 Å². The molecule has 2 aromatic carbocycles. The molecule has 0 atom stereocenters. The van der Waals surface area contributed by atoms with E-state index in [4.69, 9.17) is 11.6 Å². The van der Waals surface area contributed by atoms with Crippen LogP contribution in [0.3, 0.4) is 0 Å². The lowest BCUT2D eigenvalue weighted by Crippen LogP contribution is -2.46. The molecule has 0 aliphatic carbocycles. The SMILES string of the molecule is CCN1CCN(c2ccc(Cl)cc2NC(=O)c2ccc(NC(=O)C(C)C)cc2)CC1. The number of amides is 2. The lowest BCUT2D eigenvalue weighted by atomic mass is 10.1. The highest BCUT2D eigenvalue weighted by Crippen LogP contribution is 2.30. The van der Waals surface area contributed by atoms with E-state index in [1.54, 1.807) is 30.3 Å². The molecule has 7 heteroatoms. The molecule has 2 N–H and O–H groups in total. The first-order valence-corrected chi connectivity index (χ1v) is 10.7. The van der Waals surface area contributed by atoms with Crippen LogP contribution in [-0.2, 0) is 4.79 Å². The van der Waals surface area contributed by atoms with Crippen molar-refractivity contribution in [3.8, 4) is 0 Å². The number of hydrogen-bond acceptors (Lipinski definition) is 4. The Bertz CT molecular complexity index is 891. The van der Waals surface area contributed by atoms with Gasteiger partial charge in [0.15, 0.2) is 0 Å². The summed E-state index contributed by atoms with van der Waals surface area (Å²) in [6, 6.07) is 12.5. The van der Waals surface area contributed by atoms with Gasteiger partial charge in [-0.15, -0.1) is 0 Å². The van der Waals surface area contributed by atoms with Gasteiger partial charge in [-0.2, -0.15) is 0 Å². The van der Waals surface area contributed by atoms with E-state index < -0.39 is 0 Å².